The molecule has 1 rings (SSSR count). The van der Waals surface area contributed by atoms with Crippen LogP contribution in [0.3, 0.4) is 0 Å². The fourth-order valence-corrected chi connectivity index (χ4v) is 1.85. The summed E-state index contributed by atoms with van der Waals surface area (Å²) < 4.78 is 2.16. The predicted molar refractivity (Wildman–Crippen MR) is 68.7 cm³/mol. The molecule has 0 bridgehead atoms. The number of aromatic nitrogens is 1. The van der Waals surface area contributed by atoms with Gasteiger partial charge in [0.2, 0.25) is 0 Å². The van der Waals surface area contributed by atoms with Gasteiger partial charge in [-0.3, -0.25) is 0 Å². The second-order valence-electron chi connectivity index (χ2n) is 3.77. The molecule has 0 N–H and O–H groups in total. The smallest absolute Gasteiger partial charge is 0.170 e. The lowest BCUT2D eigenvalue weighted by Crippen LogP contribution is -2.31. The van der Waals surface area contributed by atoms with Crippen molar-refractivity contribution in [2.45, 2.75) is 39.5 Å². The Morgan fingerprint density at radius 1 is 1.13 bits per heavy atom. The predicted octanol–water partition coefficient (Wildman–Crippen LogP) is 3.67. The molecule has 0 aliphatic rings. The van der Waals surface area contributed by atoms with Crippen molar-refractivity contribution in [3.63, 3.8) is 0 Å². The molecule has 0 spiro atoms. The van der Waals surface area contributed by atoms with E-state index >= 15 is 0 Å². The second-order valence-corrected chi connectivity index (χ2v) is 4.44. The largest absolute Gasteiger partial charge is 0.195 e. The van der Waals surface area contributed by atoms with Crippen LogP contribution in [0.15, 0.2) is 35.5 Å². The van der Waals surface area contributed by atoms with E-state index in [1.165, 1.54) is 25.0 Å². The monoisotopic (exact) mass is 222 g/mol. The van der Waals surface area contributed by atoms with E-state index in [-0.39, 0.29) is 0 Å². The minimum absolute atomic E-state index is 1.11. The molecule has 82 valence electrons. The average Bonchev–Trinajstić information content (AvgIpc) is 2.25. The van der Waals surface area contributed by atoms with Crippen LogP contribution < -0.4 is 4.57 Å². The highest BCUT2D eigenvalue weighted by molar-refractivity contribution is 7.84. The minimum atomic E-state index is 1.11. The van der Waals surface area contributed by atoms with E-state index in [2.05, 4.69) is 55.6 Å². The Hall–Kier alpha value is -0.760. The number of rotatable bonds is 5. The fourth-order valence-electron chi connectivity index (χ4n) is 1.62. The Labute approximate surface area is 98.2 Å². The first kappa shape index (κ1) is 12.3. The molecule has 0 atom stereocenters. The molecule has 1 heterocycles. The molecule has 0 saturated heterocycles. The van der Waals surface area contributed by atoms with Gasteiger partial charge >= 0.3 is 0 Å². The minimum Gasteiger partial charge on any atom is -0.170 e. The molecule has 0 aliphatic heterocycles. The van der Waals surface area contributed by atoms with E-state index in [1.807, 2.05) is 6.07 Å². The summed E-state index contributed by atoms with van der Waals surface area (Å²) in [5.74, 6) is 0. The van der Waals surface area contributed by atoms with E-state index < -0.39 is 0 Å². The first-order valence-corrected chi connectivity index (χ1v) is 6.05. The summed E-state index contributed by atoms with van der Waals surface area (Å²) >= 11 is 4.47. The van der Waals surface area contributed by atoms with Crippen LogP contribution in [0, 0.1) is 0 Å². The number of nitrogens with zero attached hydrogens (tertiary/aromatic N) is 1. The van der Waals surface area contributed by atoms with Crippen LogP contribution in [0.4, 0.5) is 0 Å². The van der Waals surface area contributed by atoms with Crippen molar-refractivity contribution >= 4 is 18.3 Å². The number of hydrogen-bond acceptors (Lipinski definition) is 1. The highest BCUT2D eigenvalue weighted by Gasteiger charge is 2.10. The maximum atomic E-state index is 4.47. The Morgan fingerprint density at radius 2 is 1.80 bits per heavy atom. The average molecular weight is 222 g/mol. The third-order valence-electron chi connectivity index (χ3n) is 2.46. The fraction of sp³-hybridized carbons (Fsp3) is 0.462. The number of thiol groups is 1. The zero-order valence-electron chi connectivity index (χ0n) is 9.61. The van der Waals surface area contributed by atoms with E-state index in [0.29, 0.717) is 0 Å². The third-order valence-corrected chi connectivity index (χ3v) is 2.72. The summed E-state index contributed by atoms with van der Waals surface area (Å²) in [6.07, 6.45) is 9.07. The maximum Gasteiger partial charge on any atom is 0.195 e. The number of pyridine rings is 1. The van der Waals surface area contributed by atoms with Gasteiger partial charge in [0.15, 0.2) is 18.1 Å². The third kappa shape index (κ3) is 4.08. The van der Waals surface area contributed by atoms with Crippen LogP contribution in [-0.2, 0) is 0 Å². The lowest BCUT2D eigenvalue weighted by atomic mass is 10.1. The van der Waals surface area contributed by atoms with Crippen molar-refractivity contribution in [3.05, 3.63) is 35.5 Å². The summed E-state index contributed by atoms with van der Waals surface area (Å²) in [6, 6.07) is 6.14. The lowest BCUT2D eigenvalue weighted by Gasteiger charge is -2.03. The molecule has 0 aliphatic carbocycles. The molecule has 0 fully saturated rings. The van der Waals surface area contributed by atoms with Crippen LogP contribution in [0.1, 0.15) is 39.5 Å². The molecular weight excluding hydrogens is 202 g/mol. The molecule has 15 heavy (non-hydrogen) atoms. The zero-order chi connectivity index (χ0) is 11.1. The molecule has 0 saturated carbocycles. The number of hydrogen-bond donors (Lipinski definition) is 1. The quantitative estimate of drug-likeness (QED) is 0.440. The second kappa shape index (κ2) is 6.67. The Morgan fingerprint density at radius 3 is 2.33 bits per heavy atom. The SMILES string of the molecule is CCCCCC(=C(C)S)[n+]1ccccc1. The van der Waals surface area contributed by atoms with Crippen molar-refractivity contribution in [2.75, 3.05) is 0 Å². The topological polar surface area (TPSA) is 3.88 Å². The van der Waals surface area contributed by atoms with Gasteiger partial charge in [0.25, 0.3) is 0 Å². The van der Waals surface area contributed by atoms with Gasteiger partial charge in [0.05, 0.1) is 0 Å². The summed E-state index contributed by atoms with van der Waals surface area (Å²) in [6.45, 7) is 4.29. The Bertz CT molecular complexity index is 313. The van der Waals surface area contributed by atoms with Crippen LogP contribution in [-0.4, -0.2) is 0 Å². The van der Waals surface area contributed by atoms with Crippen LogP contribution in [0.5, 0.6) is 0 Å². The van der Waals surface area contributed by atoms with E-state index in [1.54, 1.807) is 0 Å². The zero-order valence-corrected chi connectivity index (χ0v) is 10.5. The molecule has 1 nitrogen and oxygen atoms in total. The number of allylic oxidation sites excluding steroid dienone is 2. The molecule has 1 aromatic rings. The summed E-state index contributed by atoms with van der Waals surface area (Å²) in [5, 5.41) is 0. The molecule has 2 heteroatoms. The van der Waals surface area contributed by atoms with Gasteiger partial charge in [-0.2, -0.15) is 4.57 Å². The number of unbranched alkanes of at least 4 members (excludes halogenated alkanes) is 2. The molecule has 0 amide bonds. The van der Waals surface area contributed by atoms with Crippen LogP contribution in [0.2, 0.25) is 0 Å². The van der Waals surface area contributed by atoms with Crippen molar-refractivity contribution in [1.29, 1.82) is 0 Å². The van der Waals surface area contributed by atoms with Crippen molar-refractivity contribution in [3.8, 4) is 0 Å². The summed E-state index contributed by atoms with van der Waals surface area (Å²) in [4.78, 5) is 1.11. The molecule has 0 radical (unpaired) electrons. The molecule has 0 aromatic carbocycles. The van der Waals surface area contributed by atoms with Gasteiger partial charge in [-0.15, -0.1) is 12.6 Å². The van der Waals surface area contributed by atoms with Gasteiger partial charge < -0.3 is 0 Å². The van der Waals surface area contributed by atoms with Crippen LogP contribution >= 0.6 is 12.6 Å². The lowest BCUT2D eigenvalue weighted by molar-refractivity contribution is -0.583. The van der Waals surface area contributed by atoms with E-state index in [9.17, 15) is 0 Å². The van der Waals surface area contributed by atoms with Gasteiger partial charge in [0, 0.05) is 23.5 Å². The van der Waals surface area contributed by atoms with Gasteiger partial charge in [-0.1, -0.05) is 25.8 Å². The van der Waals surface area contributed by atoms with Gasteiger partial charge in [0.1, 0.15) is 0 Å². The molecular formula is C13H20NS+. The standard InChI is InChI=1S/C13H19NS/c1-3-4-6-9-13(12(2)15)14-10-7-5-8-11-14/h5,7-8,10-11H,3-4,6,9H2,1-2H3/p+1. The van der Waals surface area contributed by atoms with Crippen LogP contribution in [0.25, 0.3) is 5.70 Å². The maximum absolute atomic E-state index is 4.47. The molecule has 1 aromatic heterocycles. The summed E-state index contributed by atoms with van der Waals surface area (Å²) in [7, 11) is 0. The first-order chi connectivity index (χ1) is 7.25. The normalized spacial score (nSPS) is 12.5. The first-order valence-electron chi connectivity index (χ1n) is 5.61. The van der Waals surface area contributed by atoms with Gasteiger partial charge in [-0.05, 0) is 13.3 Å². The highest BCUT2D eigenvalue weighted by atomic mass is 32.1. The highest BCUT2D eigenvalue weighted by Crippen LogP contribution is 2.15. The van der Waals surface area contributed by atoms with E-state index in [0.717, 1.165) is 11.3 Å². The van der Waals surface area contributed by atoms with E-state index in [4.69, 9.17) is 0 Å². The Kier molecular flexibility index (Phi) is 5.48. The summed E-state index contributed by atoms with van der Waals surface area (Å²) in [5.41, 5.74) is 1.31. The Balaban J connectivity index is 2.73. The molecule has 0 unspecified atom stereocenters. The van der Waals surface area contributed by atoms with Crippen molar-refractivity contribution < 1.29 is 4.57 Å². The van der Waals surface area contributed by atoms with Crippen molar-refractivity contribution in [1.82, 2.24) is 0 Å². The van der Waals surface area contributed by atoms with Crippen molar-refractivity contribution in [2.24, 2.45) is 0 Å². The van der Waals surface area contributed by atoms with Gasteiger partial charge in [-0.25, -0.2) is 0 Å².